The molecule has 0 N–H and O–H groups in total. The van der Waals surface area contributed by atoms with Gasteiger partial charge in [0.1, 0.15) is 0 Å². The van der Waals surface area contributed by atoms with Crippen LogP contribution in [0.25, 0.3) is 0 Å². The molecule has 33 heavy (non-hydrogen) atoms. The second-order valence-corrected chi connectivity index (χ2v) is 9.32. The van der Waals surface area contributed by atoms with Crippen molar-refractivity contribution in [2.45, 2.75) is 0 Å². The van der Waals surface area contributed by atoms with E-state index in [2.05, 4.69) is 131 Å². The van der Waals surface area contributed by atoms with Gasteiger partial charge in [-0.25, -0.2) is 12.0 Å². The first-order valence-electron chi connectivity index (χ1n) is 10.4. The number of hydrogen-bond acceptors (Lipinski definition) is 2. The van der Waals surface area contributed by atoms with Gasteiger partial charge in [-0.1, -0.05) is 115 Å². The summed E-state index contributed by atoms with van der Waals surface area (Å²) in [6.45, 7) is 3.86. The van der Waals surface area contributed by atoms with Gasteiger partial charge in [-0.3, -0.25) is 0 Å². The summed E-state index contributed by atoms with van der Waals surface area (Å²) in [7, 11) is 7.81. The average molecular weight is 565 g/mol. The summed E-state index contributed by atoms with van der Waals surface area (Å²) in [6, 6.07) is 42.3. The van der Waals surface area contributed by atoms with Crippen molar-refractivity contribution < 1.29 is 18.2 Å². The molecule has 0 saturated carbocycles. The molecule has 4 aromatic rings. The fourth-order valence-electron chi connectivity index (χ4n) is 3.11. The van der Waals surface area contributed by atoms with Crippen LogP contribution >= 0.6 is 17.5 Å². The fourth-order valence-corrected chi connectivity index (χ4v) is 5.41. The minimum atomic E-state index is -0.446. The summed E-state index contributed by atoms with van der Waals surface area (Å²) >= 11 is 2.22. The van der Waals surface area contributed by atoms with Gasteiger partial charge in [0.25, 0.3) is 0 Å². The van der Waals surface area contributed by atoms with Crippen molar-refractivity contribution in [1.82, 2.24) is 5.01 Å². The Morgan fingerprint density at radius 1 is 0.636 bits per heavy atom. The SMILES string of the molecule is [CH2-]/C(=N\N(C)C)c1ccccc1.[Cl][Pd+].c1ccc(P(c2ccccc2)c2ccccc2)cc1. The van der Waals surface area contributed by atoms with Crippen molar-refractivity contribution in [3.05, 3.63) is 134 Å². The third-order valence-electron chi connectivity index (χ3n) is 4.47. The average Bonchev–Trinajstić information content (AvgIpc) is 2.88. The van der Waals surface area contributed by atoms with Crippen LogP contribution < -0.4 is 15.9 Å². The third kappa shape index (κ3) is 9.17. The Kier molecular flexibility index (Phi) is 12.6. The van der Waals surface area contributed by atoms with Gasteiger partial charge in [0.2, 0.25) is 0 Å². The summed E-state index contributed by atoms with van der Waals surface area (Å²) in [4.78, 5) is 0. The van der Waals surface area contributed by atoms with E-state index in [1.807, 2.05) is 44.4 Å². The first kappa shape index (κ1) is 26.9. The Hall–Kier alpha value is -2.40. The summed E-state index contributed by atoms with van der Waals surface area (Å²) in [6.07, 6.45) is 0. The predicted molar refractivity (Wildman–Crippen MR) is 143 cm³/mol. The second kappa shape index (κ2) is 15.4. The van der Waals surface area contributed by atoms with Crippen LogP contribution in [-0.4, -0.2) is 24.8 Å². The molecular formula is C28H28ClN2PPd. The van der Waals surface area contributed by atoms with Crippen LogP contribution in [0.3, 0.4) is 0 Å². The molecule has 4 rings (SSSR count). The molecule has 0 fully saturated rings. The molecule has 0 amide bonds. The van der Waals surface area contributed by atoms with Crippen molar-refractivity contribution in [3.63, 3.8) is 0 Å². The molecule has 2 nitrogen and oxygen atoms in total. The molecular weight excluding hydrogens is 537 g/mol. The minimum Gasteiger partial charge on any atom is -0.0622 e. The van der Waals surface area contributed by atoms with Gasteiger partial charge < -0.3 is 5.01 Å². The van der Waals surface area contributed by atoms with Crippen molar-refractivity contribution in [3.8, 4) is 0 Å². The molecule has 0 aromatic heterocycles. The van der Waals surface area contributed by atoms with Crippen molar-refractivity contribution in [1.29, 1.82) is 0 Å². The predicted octanol–water partition coefficient (Wildman–Crippen LogP) is 5.92. The van der Waals surface area contributed by atoms with Crippen LogP contribution in [-0.2, 0) is 18.2 Å². The first-order valence-corrected chi connectivity index (χ1v) is 13.7. The number of hydrazone groups is 1. The monoisotopic (exact) mass is 564 g/mol. The number of rotatable bonds is 5. The maximum Gasteiger partial charge on any atom is -0.0134 e. The largest absolute Gasteiger partial charge is 0.0622 e. The van der Waals surface area contributed by atoms with E-state index in [0.717, 1.165) is 11.3 Å². The molecule has 0 aliphatic carbocycles. The van der Waals surface area contributed by atoms with E-state index >= 15 is 0 Å². The quantitative estimate of drug-likeness (QED) is 0.0966. The normalized spacial score (nSPS) is 10.4. The van der Waals surface area contributed by atoms with Crippen molar-refractivity contribution in [2.24, 2.45) is 5.10 Å². The summed E-state index contributed by atoms with van der Waals surface area (Å²) in [5.74, 6) is 0. The maximum absolute atomic E-state index is 4.49. The Morgan fingerprint density at radius 2 is 0.939 bits per heavy atom. The van der Waals surface area contributed by atoms with E-state index in [9.17, 15) is 0 Å². The van der Waals surface area contributed by atoms with Gasteiger partial charge in [0.15, 0.2) is 0 Å². The molecule has 0 saturated heterocycles. The molecule has 0 heterocycles. The molecule has 4 aromatic carbocycles. The molecule has 0 atom stereocenters. The van der Waals surface area contributed by atoms with E-state index in [4.69, 9.17) is 0 Å². The van der Waals surface area contributed by atoms with E-state index in [1.165, 1.54) is 15.9 Å². The van der Waals surface area contributed by atoms with E-state index in [1.54, 1.807) is 5.01 Å². The van der Waals surface area contributed by atoms with Crippen LogP contribution in [0.4, 0.5) is 0 Å². The standard InChI is InChI=1S/C18H15P.C10H13N2.ClH.Pd/c1-4-10-16(11-5-1)19(17-12-6-2-7-13-17)18-14-8-3-9-15-18;1-9(11-12(2)3)10-7-5-4-6-8-10;;/h1-15H;4-8H,1H2,2-3H3;1H;/q;-1;;+2/p-1/b;11-9+;;. The topological polar surface area (TPSA) is 15.6 Å². The van der Waals surface area contributed by atoms with Gasteiger partial charge in [-0.2, -0.15) is 0 Å². The van der Waals surface area contributed by atoms with Gasteiger partial charge in [-0.05, 0) is 23.8 Å². The van der Waals surface area contributed by atoms with Crippen LogP contribution in [0.2, 0.25) is 0 Å². The van der Waals surface area contributed by atoms with Gasteiger partial charge in [-0.15, -0.1) is 17.7 Å². The summed E-state index contributed by atoms with van der Waals surface area (Å²) in [5, 5.41) is 10.1. The molecule has 0 aliphatic heterocycles. The zero-order chi connectivity index (χ0) is 23.9. The molecule has 5 heteroatoms. The van der Waals surface area contributed by atoms with Gasteiger partial charge in [0.05, 0.1) is 0 Å². The fraction of sp³-hybridized carbons (Fsp3) is 0.0714. The Balaban J connectivity index is 0.000000238. The maximum atomic E-state index is 4.49. The molecule has 0 unspecified atom stereocenters. The van der Waals surface area contributed by atoms with E-state index in [-0.39, 0.29) is 0 Å². The molecule has 0 radical (unpaired) electrons. The van der Waals surface area contributed by atoms with Gasteiger partial charge >= 0.3 is 27.7 Å². The molecule has 0 spiro atoms. The minimum absolute atomic E-state index is 0.446. The Labute approximate surface area is 214 Å². The number of halogens is 1. The molecule has 0 aliphatic rings. The number of nitrogens with zero attached hydrogens (tertiary/aromatic N) is 2. The zero-order valence-electron chi connectivity index (χ0n) is 18.8. The molecule has 172 valence electrons. The third-order valence-corrected chi connectivity index (χ3v) is 6.91. The molecule has 0 bridgehead atoms. The van der Waals surface area contributed by atoms with Crippen LogP contribution in [0.15, 0.2) is 126 Å². The van der Waals surface area contributed by atoms with Crippen LogP contribution in [0, 0.1) is 6.92 Å². The van der Waals surface area contributed by atoms with E-state index < -0.39 is 7.92 Å². The van der Waals surface area contributed by atoms with Gasteiger partial charge in [0, 0.05) is 14.1 Å². The summed E-state index contributed by atoms with van der Waals surface area (Å²) in [5.41, 5.74) is 1.85. The Bertz CT molecular complexity index is 966. The van der Waals surface area contributed by atoms with Crippen LogP contribution in [0.5, 0.6) is 0 Å². The second-order valence-electron chi connectivity index (χ2n) is 7.10. The number of hydrogen-bond donors (Lipinski definition) is 0. The Morgan fingerprint density at radius 3 is 1.24 bits per heavy atom. The van der Waals surface area contributed by atoms with E-state index in [0.29, 0.717) is 0 Å². The zero-order valence-corrected chi connectivity index (χ0v) is 22.0. The van der Waals surface area contributed by atoms with Crippen LogP contribution in [0.1, 0.15) is 5.56 Å². The smallest absolute Gasteiger partial charge is 0.0134 e. The van der Waals surface area contributed by atoms with Crippen molar-refractivity contribution in [2.75, 3.05) is 14.1 Å². The van der Waals surface area contributed by atoms with Crippen molar-refractivity contribution >= 4 is 39.1 Å². The summed E-state index contributed by atoms with van der Waals surface area (Å²) < 4.78 is 0. The number of benzene rings is 4. The first-order chi connectivity index (χ1) is 16.1.